The van der Waals surface area contributed by atoms with Crippen molar-refractivity contribution >= 4 is 34.0 Å². The summed E-state index contributed by atoms with van der Waals surface area (Å²) < 4.78 is 0. The van der Waals surface area contributed by atoms with Crippen LogP contribution in [0.5, 0.6) is 0 Å². The van der Waals surface area contributed by atoms with E-state index in [9.17, 15) is 9.59 Å². The van der Waals surface area contributed by atoms with Crippen LogP contribution in [-0.4, -0.2) is 22.0 Å². The van der Waals surface area contributed by atoms with Gasteiger partial charge in [-0.25, -0.2) is 0 Å². The molecule has 7 heteroatoms. The van der Waals surface area contributed by atoms with Gasteiger partial charge in [-0.2, -0.15) is 0 Å². The highest BCUT2D eigenvalue weighted by atomic mass is 32.1. The molecule has 0 radical (unpaired) electrons. The maximum atomic E-state index is 12.0. The fourth-order valence-electron chi connectivity index (χ4n) is 2.36. The summed E-state index contributed by atoms with van der Waals surface area (Å²) in [5.41, 5.74) is 3.55. The van der Waals surface area contributed by atoms with Gasteiger partial charge in [-0.3, -0.25) is 9.59 Å². The number of rotatable bonds is 4. The predicted molar refractivity (Wildman–Crippen MR) is 80.0 cm³/mol. The average molecular weight is 302 g/mol. The molecular formula is C14H14N4O2S. The first-order valence-electron chi connectivity index (χ1n) is 6.67. The summed E-state index contributed by atoms with van der Waals surface area (Å²) in [7, 11) is 0. The van der Waals surface area contributed by atoms with Crippen LogP contribution in [0.2, 0.25) is 0 Å². The van der Waals surface area contributed by atoms with E-state index in [1.807, 2.05) is 24.3 Å². The van der Waals surface area contributed by atoms with Crippen LogP contribution in [0.4, 0.5) is 10.8 Å². The first-order valence-corrected chi connectivity index (χ1v) is 7.55. The quantitative estimate of drug-likeness (QED) is 0.905. The first kappa shape index (κ1) is 13.7. The lowest BCUT2D eigenvalue weighted by Crippen LogP contribution is -2.30. The van der Waals surface area contributed by atoms with E-state index in [-0.39, 0.29) is 17.7 Å². The number of hydrogen-bond donors (Lipinski definition) is 2. The van der Waals surface area contributed by atoms with E-state index in [1.165, 1.54) is 11.3 Å². The van der Waals surface area contributed by atoms with Crippen LogP contribution >= 0.6 is 11.3 Å². The van der Waals surface area contributed by atoms with E-state index in [2.05, 4.69) is 20.8 Å². The molecule has 0 bridgehead atoms. The lowest BCUT2D eigenvalue weighted by atomic mass is 9.89. The van der Waals surface area contributed by atoms with Gasteiger partial charge in [-0.15, -0.1) is 10.2 Å². The molecule has 1 aromatic carbocycles. The average Bonchev–Trinajstić information content (AvgIpc) is 2.98. The molecule has 0 aliphatic carbocycles. The summed E-state index contributed by atoms with van der Waals surface area (Å²) >= 11 is 1.27. The third kappa shape index (κ3) is 3.25. The zero-order chi connectivity index (χ0) is 14.7. The molecule has 1 aromatic heterocycles. The van der Waals surface area contributed by atoms with Crippen LogP contribution in [0.15, 0.2) is 29.8 Å². The highest BCUT2D eigenvalue weighted by Gasteiger charge is 2.26. The van der Waals surface area contributed by atoms with Crippen molar-refractivity contribution in [2.75, 3.05) is 10.6 Å². The molecule has 1 aliphatic rings. The van der Waals surface area contributed by atoms with Crippen molar-refractivity contribution in [2.24, 2.45) is 5.92 Å². The van der Waals surface area contributed by atoms with Crippen molar-refractivity contribution in [1.82, 2.24) is 10.2 Å². The first-order chi connectivity index (χ1) is 10.2. The third-order valence-corrected chi connectivity index (χ3v) is 4.05. The number of hydrogen-bond acceptors (Lipinski definition) is 5. The third-order valence-electron chi connectivity index (χ3n) is 3.44. The Morgan fingerprint density at radius 1 is 1.43 bits per heavy atom. The Bertz CT molecular complexity index is 657. The normalized spacial score (nSPS) is 17.0. The number of carbonyl (C=O) groups excluding carboxylic acids is 2. The van der Waals surface area contributed by atoms with Crippen molar-refractivity contribution in [2.45, 2.75) is 19.3 Å². The van der Waals surface area contributed by atoms with Crippen LogP contribution in [0.25, 0.3) is 0 Å². The molecule has 1 atom stereocenters. The van der Waals surface area contributed by atoms with Gasteiger partial charge in [0, 0.05) is 18.0 Å². The lowest BCUT2D eigenvalue weighted by Gasteiger charge is -2.24. The number of amides is 2. The van der Waals surface area contributed by atoms with Gasteiger partial charge in [-0.1, -0.05) is 29.5 Å². The lowest BCUT2D eigenvalue weighted by molar-refractivity contribution is -0.121. The highest BCUT2D eigenvalue weighted by Crippen LogP contribution is 2.27. The Balaban J connectivity index is 1.56. The van der Waals surface area contributed by atoms with Crippen LogP contribution in [-0.2, 0) is 16.0 Å². The Morgan fingerprint density at radius 3 is 3.10 bits per heavy atom. The number of nitrogens with zero attached hydrogens (tertiary/aromatic N) is 2. The number of carbonyl (C=O) groups is 2. The molecule has 0 saturated carbocycles. The van der Waals surface area contributed by atoms with Crippen molar-refractivity contribution in [3.05, 3.63) is 35.3 Å². The van der Waals surface area contributed by atoms with E-state index in [0.717, 1.165) is 11.3 Å². The predicted octanol–water partition coefficient (Wildman–Crippen LogP) is 2.07. The molecule has 21 heavy (non-hydrogen) atoms. The van der Waals surface area contributed by atoms with Gasteiger partial charge in [0.1, 0.15) is 5.51 Å². The number of aromatic nitrogens is 2. The Morgan fingerprint density at radius 2 is 2.29 bits per heavy atom. The fraction of sp³-hybridized carbons (Fsp3) is 0.286. The van der Waals surface area contributed by atoms with Gasteiger partial charge in [0.05, 0.1) is 0 Å². The van der Waals surface area contributed by atoms with Crippen molar-refractivity contribution < 1.29 is 9.59 Å². The SMILES string of the molecule is O=C(CC[C@H]1Cc2ccccc2NC1=O)Nc1nncs1. The minimum Gasteiger partial charge on any atom is -0.326 e. The molecule has 1 aliphatic heterocycles. The minimum absolute atomic E-state index is 0.0163. The number of anilines is 2. The molecule has 2 heterocycles. The molecule has 108 valence electrons. The van der Waals surface area contributed by atoms with Crippen LogP contribution in [0, 0.1) is 5.92 Å². The van der Waals surface area contributed by atoms with E-state index in [1.54, 1.807) is 5.51 Å². The second-order valence-electron chi connectivity index (χ2n) is 4.88. The molecule has 3 rings (SSSR count). The number of para-hydroxylation sites is 1. The monoisotopic (exact) mass is 302 g/mol. The number of nitrogens with one attached hydrogen (secondary N) is 2. The highest BCUT2D eigenvalue weighted by molar-refractivity contribution is 7.13. The zero-order valence-corrected chi connectivity index (χ0v) is 12.0. The Hall–Kier alpha value is -2.28. The van der Waals surface area contributed by atoms with E-state index < -0.39 is 0 Å². The summed E-state index contributed by atoms with van der Waals surface area (Å²) in [5, 5.41) is 13.4. The summed E-state index contributed by atoms with van der Waals surface area (Å²) in [6.45, 7) is 0. The molecule has 0 saturated heterocycles. The van der Waals surface area contributed by atoms with Crippen LogP contribution < -0.4 is 10.6 Å². The maximum Gasteiger partial charge on any atom is 0.227 e. The molecule has 2 amide bonds. The molecule has 6 nitrogen and oxygen atoms in total. The topological polar surface area (TPSA) is 84.0 Å². The van der Waals surface area contributed by atoms with Gasteiger partial charge < -0.3 is 10.6 Å². The fourth-order valence-corrected chi connectivity index (χ4v) is 2.82. The van der Waals surface area contributed by atoms with Gasteiger partial charge in [0.15, 0.2) is 0 Å². The number of fused-ring (bicyclic) bond motifs is 1. The van der Waals surface area contributed by atoms with E-state index >= 15 is 0 Å². The molecule has 2 N–H and O–H groups in total. The van der Waals surface area contributed by atoms with Crippen LogP contribution in [0.1, 0.15) is 18.4 Å². The standard InChI is InChI=1S/C14H14N4O2S/c19-12(17-14-18-15-8-21-14)6-5-10-7-9-3-1-2-4-11(9)16-13(10)20/h1-4,8,10H,5-7H2,(H,16,20)(H,17,18,19)/t10-/m0/s1. The van der Waals surface area contributed by atoms with Crippen LogP contribution in [0.3, 0.4) is 0 Å². The van der Waals surface area contributed by atoms with Gasteiger partial charge >= 0.3 is 0 Å². The Kier molecular flexibility index (Phi) is 3.92. The van der Waals surface area contributed by atoms with Gasteiger partial charge in [0.25, 0.3) is 0 Å². The summed E-state index contributed by atoms with van der Waals surface area (Å²) in [6, 6.07) is 7.75. The second-order valence-corrected chi connectivity index (χ2v) is 5.71. The molecule has 0 unspecified atom stereocenters. The summed E-state index contributed by atoms with van der Waals surface area (Å²) in [4.78, 5) is 23.8. The minimum atomic E-state index is -0.167. The van der Waals surface area contributed by atoms with Gasteiger partial charge in [-0.05, 0) is 24.5 Å². The number of benzene rings is 1. The second kappa shape index (κ2) is 6.01. The largest absolute Gasteiger partial charge is 0.326 e. The molecular weight excluding hydrogens is 288 g/mol. The van der Waals surface area contributed by atoms with Crippen molar-refractivity contribution in [1.29, 1.82) is 0 Å². The maximum absolute atomic E-state index is 12.0. The smallest absolute Gasteiger partial charge is 0.227 e. The van der Waals surface area contributed by atoms with E-state index in [4.69, 9.17) is 0 Å². The van der Waals surface area contributed by atoms with Gasteiger partial charge in [0.2, 0.25) is 16.9 Å². The van der Waals surface area contributed by atoms with Crippen molar-refractivity contribution in [3.63, 3.8) is 0 Å². The summed E-state index contributed by atoms with van der Waals surface area (Å²) in [5.74, 6) is -0.323. The van der Waals surface area contributed by atoms with E-state index in [0.29, 0.717) is 24.4 Å². The molecule has 2 aromatic rings. The van der Waals surface area contributed by atoms with Crippen molar-refractivity contribution in [3.8, 4) is 0 Å². The molecule has 0 fully saturated rings. The Labute approximate surface area is 125 Å². The zero-order valence-electron chi connectivity index (χ0n) is 11.2. The summed E-state index contributed by atoms with van der Waals surface area (Å²) in [6.07, 6.45) is 1.48. The molecule has 0 spiro atoms.